The van der Waals surface area contributed by atoms with Crippen LogP contribution in [0.3, 0.4) is 0 Å². The van der Waals surface area contributed by atoms with E-state index in [9.17, 15) is 18.0 Å². The number of anilines is 1. The predicted octanol–water partition coefficient (Wildman–Crippen LogP) is 4.70. The normalized spacial score (nSPS) is 11.3. The second kappa shape index (κ2) is 6.64. The number of benzene rings is 2. The molecule has 2 rings (SSSR count). The minimum Gasteiger partial charge on any atom is -0.385 e. The Balaban J connectivity index is 1.86. The molecule has 0 aliphatic carbocycles. The number of halogens is 3. The number of nitrogens with one attached hydrogen (secondary N) is 1. The van der Waals surface area contributed by atoms with Gasteiger partial charge in [0.2, 0.25) is 0 Å². The van der Waals surface area contributed by atoms with Gasteiger partial charge < -0.3 is 5.32 Å². The highest BCUT2D eigenvalue weighted by Gasteiger charge is 2.29. The molecule has 2 aromatic carbocycles. The molecule has 0 atom stereocenters. The minimum atomic E-state index is -4.33. The number of hydrogen-bond acceptors (Lipinski definition) is 2. The number of Topliss-reactive ketones (excluding diaryl/α,β-unsaturated/α-hetero) is 1. The fourth-order valence-electron chi connectivity index (χ4n) is 1.98. The number of hydrogen-bond donors (Lipinski definition) is 1. The third-order valence-electron chi connectivity index (χ3n) is 3.27. The zero-order valence-electron chi connectivity index (χ0n) is 12.1. The largest absolute Gasteiger partial charge is 0.416 e. The Hall–Kier alpha value is -2.30. The first-order chi connectivity index (χ1) is 10.4. The van der Waals surface area contributed by atoms with Crippen molar-refractivity contribution in [3.05, 3.63) is 65.2 Å². The summed E-state index contributed by atoms with van der Waals surface area (Å²) in [6.07, 6.45) is -4.05. The van der Waals surface area contributed by atoms with E-state index in [0.717, 1.165) is 17.7 Å². The molecular weight excluding hydrogens is 291 g/mol. The second-order valence-electron chi connectivity index (χ2n) is 5.04. The van der Waals surface area contributed by atoms with E-state index >= 15 is 0 Å². The quantitative estimate of drug-likeness (QED) is 0.811. The number of ketones is 1. The maximum Gasteiger partial charge on any atom is 0.416 e. The lowest BCUT2D eigenvalue weighted by Crippen LogP contribution is -2.09. The van der Waals surface area contributed by atoms with E-state index in [1.165, 1.54) is 12.1 Å². The molecule has 0 aliphatic rings. The topological polar surface area (TPSA) is 29.1 Å². The number of alkyl halides is 3. The van der Waals surface area contributed by atoms with Crippen LogP contribution in [0.5, 0.6) is 0 Å². The van der Waals surface area contributed by atoms with Crippen molar-refractivity contribution in [2.75, 3.05) is 11.9 Å². The van der Waals surface area contributed by atoms with Crippen LogP contribution in [0.15, 0.2) is 48.5 Å². The van der Waals surface area contributed by atoms with Crippen molar-refractivity contribution in [2.24, 2.45) is 0 Å². The maximum absolute atomic E-state index is 12.4. The molecular formula is C17H16F3NO. The lowest BCUT2D eigenvalue weighted by molar-refractivity contribution is -0.137. The van der Waals surface area contributed by atoms with Gasteiger partial charge in [0.15, 0.2) is 5.78 Å². The highest BCUT2D eigenvalue weighted by molar-refractivity contribution is 5.96. The Labute approximate surface area is 127 Å². The molecule has 22 heavy (non-hydrogen) atoms. The van der Waals surface area contributed by atoms with Gasteiger partial charge in [-0.15, -0.1) is 0 Å². The Morgan fingerprint density at radius 3 is 2.14 bits per heavy atom. The van der Waals surface area contributed by atoms with Crippen LogP contribution in [0.25, 0.3) is 0 Å². The number of carbonyl (C=O) groups excluding carboxylic acids is 1. The van der Waals surface area contributed by atoms with Gasteiger partial charge in [-0.1, -0.05) is 29.8 Å². The highest BCUT2D eigenvalue weighted by Crippen LogP contribution is 2.29. The summed E-state index contributed by atoms with van der Waals surface area (Å²) in [5.41, 5.74) is 1.60. The fraction of sp³-hybridized carbons (Fsp3) is 0.235. The third-order valence-corrected chi connectivity index (χ3v) is 3.27. The van der Waals surface area contributed by atoms with E-state index in [-0.39, 0.29) is 12.2 Å². The molecule has 0 amide bonds. The lowest BCUT2D eigenvalue weighted by atomic mass is 10.1. The Kier molecular flexibility index (Phi) is 4.85. The molecule has 0 heterocycles. The van der Waals surface area contributed by atoms with Gasteiger partial charge in [0, 0.05) is 24.2 Å². The van der Waals surface area contributed by atoms with Gasteiger partial charge in [-0.05, 0) is 31.2 Å². The second-order valence-corrected chi connectivity index (χ2v) is 5.04. The molecule has 0 bridgehead atoms. The highest BCUT2D eigenvalue weighted by atomic mass is 19.4. The molecule has 0 saturated carbocycles. The summed E-state index contributed by atoms with van der Waals surface area (Å²) < 4.78 is 37.3. The fourth-order valence-corrected chi connectivity index (χ4v) is 1.98. The Morgan fingerprint density at radius 2 is 1.59 bits per heavy atom. The molecule has 116 valence electrons. The van der Waals surface area contributed by atoms with Gasteiger partial charge in [-0.25, -0.2) is 0 Å². The van der Waals surface area contributed by atoms with Crippen molar-refractivity contribution in [1.29, 1.82) is 0 Å². The first-order valence-corrected chi connectivity index (χ1v) is 6.87. The van der Waals surface area contributed by atoms with Crippen molar-refractivity contribution in [1.82, 2.24) is 0 Å². The van der Waals surface area contributed by atoms with Crippen molar-refractivity contribution in [3.63, 3.8) is 0 Å². The molecule has 0 aromatic heterocycles. The number of carbonyl (C=O) groups is 1. The van der Waals surface area contributed by atoms with E-state index in [1.807, 2.05) is 19.1 Å². The Morgan fingerprint density at radius 1 is 1.00 bits per heavy atom. The average molecular weight is 307 g/mol. The lowest BCUT2D eigenvalue weighted by Gasteiger charge is -2.09. The molecule has 0 spiro atoms. The SMILES string of the molecule is Cc1ccc(C(=O)CCNc2ccc(C(F)(F)F)cc2)cc1. The summed E-state index contributed by atoms with van der Waals surface area (Å²) in [4.78, 5) is 11.9. The molecule has 2 aromatic rings. The zero-order valence-corrected chi connectivity index (χ0v) is 12.1. The summed E-state index contributed by atoms with van der Waals surface area (Å²) in [5.74, 6) is -0.000545. The minimum absolute atomic E-state index is 0.000545. The molecule has 0 radical (unpaired) electrons. The number of aryl methyl sites for hydroxylation is 1. The van der Waals surface area contributed by atoms with Gasteiger partial charge in [-0.2, -0.15) is 13.2 Å². The average Bonchev–Trinajstić information content (AvgIpc) is 2.47. The van der Waals surface area contributed by atoms with E-state index in [4.69, 9.17) is 0 Å². The molecule has 0 aliphatic heterocycles. The number of rotatable bonds is 5. The van der Waals surface area contributed by atoms with E-state index in [2.05, 4.69) is 5.32 Å². The first-order valence-electron chi connectivity index (χ1n) is 6.87. The van der Waals surface area contributed by atoms with E-state index < -0.39 is 11.7 Å². The van der Waals surface area contributed by atoms with Crippen molar-refractivity contribution in [3.8, 4) is 0 Å². The van der Waals surface area contributed by atoms with Crippen LogP contribution in [-0.2, 0) is 6.18 Å². The van der Waals surface area contributed by atoms with Gasteiger partial charge in [0.05, 0.1) is 5.56 Å². The van der Waals surface area contributed by atoms with Crippen LogP contribution in [0.1, 0.15) is 27.9 Å². The van der Waals surface area contributed by atoms with Gasteiger partial charge in [0.25, 0.3) is 0 Å². The molecule has 0 saturated heterocycles. The van der Waals surface area contributed by atoms with Crippen LogP contribution in [0.4, 0.5) is 18.9 Å². The molecule has 0 unspecified atom stereocenters. The van der Waals surface area contributed by atoms with Gasteiger partial charge in [0.1, 0.15) is 0 Å². The Bertz CT molecular complexity index is 630. The maximum atomic E-state index is 12.4. The third kappa shape index (κ3) is 4.35. The van der Waals surface area contributed by atoms with E-state index in [0.29, 0.717) is 17.8 Å². The molecule has 5 heteroatoms. The monoisotopic (exact) mass is 307 g/mol. The summed E-state index contributed by atoms with van der Waals surface area (Å²) in [6.45, 7) is 2.32. The van der Waals surface area contributed by atoms with Crippen LogP contribution in [-0.4, -0.2) is 12.3 Å². The van der Waals surface area contributed by atoms with E-state index in [1.54, 1.807) is 12.1 Å². The van der Waals surface area contributed by atoms with Crippen molar-refractivity contribution >= 4 is 11.5 Å². The molecule has 0 fully saturated rings. The zero-order chi connectivity index (χ0) is 16.2. The van der Waals surface area contributed by atoms with Gasteiger partial charge in [-0.3, -0.25) is 4.79 Å². The molecule has 1 N–H and O–H groups in total. The van der Waals surface area contributed by atoms with Crippen LogP contribution < -0.4 is 5.32 Å². The van der Waals surface area contributed by atoms with Crippen LogP contribution >= 0.6 is 0 Å². The van der Waals surface area contributed by atoms with Crippen molar-refractivity contribution < 1.29 is 18.0 Å². The van der Waals surface area contributed by atoms with Crippen molar-refractivity contribution in [2.45, 2.75) is 19.5 Å². The summed E-state index contributed by atoms with van der Waals surface area (Å²) in [5, 5.41) is 2.95. The smallest absolute Gasteiger partial charge is 0.385 e. The first kappa shape index (κ1) is 16.1. The van der Waals surface area contributed by atoms with Crippen LogP contribution in [0, 0.1) is 6.92 Å². The van der Waals surface area contributed by atoms with Crippen LogP contribution in [0.2, 0.25) is 0 Å². The molecule has 2 nitrogen and oxygen atoms in total. The van der Waals surface area contributed by atoms with Gasteiger partial charge >= 0.3 is 6.18 Å². The summed E-state index contributed by atoms with van der Waals surface area (Å²) in [7, 11) is 0. The predicted molar refractivity (Wildman–Crippen MR) is 80.1 cm³/mol. The summed E-state index contributed by atoms with van der Waals surface area (Å²) in [6, 6.07) is 12.0. The summed E-state index contributed by atoms with van der Waals surface area (Å²) >= 11 is 0. The standard InChI is InChI=1S/C17H16F3NO/c1-12-2-4-13(5-3-12)16(22)10-11-21-15-8-6-14(7-9-15)17(18,19)20/h2-9,21H,10-11H2,1H3.